The molecule has 0 bridgehead atoms. The number of anilines is 1. The summed E-state index contributed by atoms with van der Waals surface area (Å²) in [6.45, 7) is 4.94. The van der Waals surface area contributed by atoms with Gasteiger partial charge >= 0.3 is 0 Å². The van der Waals surface area contributed by atoms with Crippen molar-refractivity contribution in [2.45, 2.75) is 32.2 Å². The molecule has 0 saturated heterocycles. The predicted octanol–water partition coefficient (Wildman–Crippen LogP) is 3.41. The molecular weight excluding hydrogens is 454 g/mol. The van der Waals surface area contributed by atoms with Crippen LogP contribution in [0.15, 0.2) is 73.4 Å². The molecule has 2 amide bonds. The fourth-order valence-electron chi connectivity index (χ4n) is 4.31. The topological polar surface area (TPSA) is 106 Å². The molecule has 4 aromatic rings. The average molecular weight is 482 g/mol. The number of hydrogen-bond donors (Lipinski definition) is 1. The van der Waals surface area contributed by atoms with Crippen molar-refractivity contribution in [3.05, 3.63) is 102 Å². The van der Waals surface area contributed by atoms with Gasteiger partial charge in [0.15, 0.2) is 5.82 Å². The molecular formula is C27H27N7O2. The highest BCUT2D eigenvalue weighted by Gasteiger charge is 2.37. The van der Waals surface area contributed by atoms with Crippen molar-refractivity contribution in [3.63, 3.8) is 0 Å². The molecule has 3 aromatic heterocycles. The average Bonchev–Trinajstić information content (AvgIpc) is 3.54. The standard InChI is InChI=1S/C27H27N7O2/c1-18(2)34-17-31-25(32-34)22-16-33(27(36)23-7-3-4-12-29-23)24-9-8-20(14-21(22)24)26(35)30-13-10-19-6-5-11-28-15-19/h3-9,11-12,14-15,17-18,22H,10,13,16H2,1-2H3,(H,30,35)/t22-/m1/s1. The van der Waals surface area contributed by atoms with Gasteiger partial charge in [-0.3, -0.25) is 24.2 Å². The van der Waals surface area contributed by atoms with Crippen molar-refractivity contribution >= 4 is 17.5 Å². The van der Waals surface area contributed by atoms with Gasteiger partial charge in [0.1, 0.15) is 12.0 Å². The summed E-state index contributed by atoms with van der Waals surface area (Å²) < 4.78 is 1.80. The number of nitrogens with zero attached hydrogens (tertiary/aromatic N) is 6. The summed E-state index contributed by atoms with van der Waals surface area (Å²) in [5.41, 5.74) is 3.54. The number of amides is 2. The Morgan fingerprint density at radius 3 is 2.69 bits per heavy atom. The third kappa shape index (κ3) is 4.72. The number of benzene rings is 1. The van der Waals surface area contributed by atoms with Gasteiger partial charge in [-0.1, -0.05) is 12.1 Å². The smallest absolute Gasteiger partial charge is 0.276 e. The van der Waals surface area contributed by atoms with Gasteiger partial charge in [-0.05, 0) is 67.8 Å². The first-order valence-electron chi connectivity index (χ1n) is 12.0. The summed E-state index contributed by atoms with van der Waals surface area (Å²) in [6, 6.07) is 14.7. The summed E-state index contributed by atoms with van der Waals surface area (Å²) in [5, 5.41) is 7.64. The van der Waals surface area contributed by atoms with Gasteiger partial charge in [0, 0.05) is 49.0 Å². The molecule has 1 aliphatic rings. The Hall–Kier alpha value is -4.40. The van der Waals surface area contributed by atoms with Crippen molar-refractivity contribution in [2.75, 3.05) is 18.0 Å². The molecule has 1 aliphatic heterocycles. The summed E-state index contributed by atoms with van der Waals surface area (Å²) >= 11 is 0. The zero-order valence-electron chi connectivity index (χ0n) is 20.2. The second-order valence-corrected chi connectivity index (χ2v) is 9.00. The number of carbonyl (C=O) groups is 2. The van der Waals surface area contributed by atoms with E-state index in [2.05, 4.69) is 25.4 Å². The highest BCUT2D eigenvalue weighted by Crippen LogP contribution is 2.40. The Morgan fingerprint density at radius 2 is 1.97 bits per heavy atom. The van der Waals surface area contributed by atoms with E-state index in [1.807, 2.05) is 38.1 Å². The van der Waals surface area contributed by atoms with Crippen LogP contribution < -0.4 is 10.2 Å². The van der Waals surface area contributed by atoms with E-state index in [4.69, 9.17) is 0 Å². The first-order chi connectivity index (χ1) is 17.5. The Balaban J connectivity index is 1.42. The summed E-state index contributed by atoms with van der Waals surface area (Å²) in [5.74, 6) is -0.00172. The van der Waals surface area contributed by atoms with E-state index in [-0.39, 0.29) is 23.8 Å². The maximum Gasteiger partial charge on any atom is 0.276 e. The molecule has 1 N–H and O–H groups in total. The normalized spacial score (nSPS) is 14.6. The third-order valence-electron chi connectivity index (χ3n) is 6.24. The molecule has 0 spiro atoms. The molecule has 1 atom stereocenters. The highest BCUT2D eigenvalue weighted by atomic mass is 16.2. The van der Waals surface area contributed by atoms with E-state index in [0.29, 0.717) is 36.6 Å². The molecule has 1 aromatic carbocycles. The van der Waals surface area contributed by atoms with Gasteiger partial charge in [0.2, 0.25) is 0 Å². The third-order valence-corrected chi connectivity index (χ3v) is 6.24. The Labute approximate surface area is 209 Å². The molecule has 9 heteroatoms. The first-order valence-corrected chi connectivity index (χ1v) is 12.0. The fourth-order valence-corrected chi connectivity index (χ4v) is 4.31. The lowest BCUT2D eigenvalue weighted by molar-refractivity contribution is 0.0952. The van der Waals surface area contributed by atoms with E-state index in [0.717, 1.165) is 16.8 Å². The molecule has 36 heavy (non-hydrogen) atoms. The van der Waals surface area contributed by atoms with Crippen molar-refractivity contribution in [1.29, 1.82) is 0 Å². The van der Waals surface area contributed by atoms with Crippen LogP contribution >= 0.6 is 0 Å². The Bertz CT molecular complexity index is 1370. The minimum absolute atomic E-state index is 0.162. The number of nitrogens with one attached hydrogen (secondary N) is 1. The zero-order valence-corrected chi connectivity index (χ0v) is 20.2. The van der Waals surface area contributed by atoms with Crippen LogP contribution in [-0.4, -0.2) is 49.6 Å². The molecule has 0 fully saturated rings. The Morgan fingerprint density at radius 1 is 1.08 bits per heavy atom. The summed E-state index contributed by atoms with van der Waals surface area (Å²) in [7, 11) is 0. The summed E-state index contributed by atoms with van der Waals surface area (Å²) in [6.07, 6.45) is 7.52. The van der Waals surface area contributed by atoms with Gasteiger partial charge in [0.25, 0.3) is 11.8 Å². The van der Waals surface area contributed by atoms with Crippen LogP contribution in [0.25, 0.3) is 0 Å². The van der Waals surface area contributed by atoms with Crippen LogP contribution in [0.1, 0.15) is 63.6 Å². The number of pyridine rings is 2. The van der Waals surface area contributed by atoms with Gasteiger partial charge < -0.3 is 10.2 Å². The van der Waals surface area contributed by atoms with Crippen molar-refractivity contribution in [2.24, 2.45) is 0 Å². The summed E-state index contributed by atoms with van der Waals surface area (Å²) in [4.78, 5) is 40.9. The van der Waals surface area contributed by atoms with E-state index < -0.39 is 0 Å². The second kappa shape index (κ2) is 10.1. The maximum atomic E-state index is 13.3. The van der Waals surface area contributed by atoms with Gasteiger partial charge in [0.05, 0.1) is 5.92 Å². The van der Waals surface area contributed by atoms with E-state index in [9.17, 15) is 9.59 Å². The quantitative estimate of drug-likeness (QED) is 0.434. The largest absolute Gasteiger partial charge is 0.352 e. The minimum Gasteiger partial charge on any atom is -0.352 e. The van der Waals surface area contributed by atoms with Crippen LogP contribution in [0.2, 0.25) is 0 Å². The van der Waals surface area contributed by atoms with Crippen LogP contribution in [0, 0.1) is 0 Å². The first kappa shape index (κ1) is 23.3. The molecule has 9 nitrogen and oxygen atoms in total. The molecule has 182 valence electrons. The van der Waals surface area contributed by atoms with E-state index in [1.165, 1.54) is 0 Å². The molecule has 5 rings (SSSR count). The number of aromatic nitrogens is 5. The van der Waals surface area contributed by atoms with Gasteiger partial charge in [-0.25, -0.2) is 4.98 Å². The molecule has 0 unspecified atom stereocenters. The number of fused-ring (bicyclic) bond motifs is 1. The lowest BCUT2D eigenvalue weighted by Crippen LogP contribution is -2.30. The van der Waals surface area contributed by atoms with Gasteiger partial charge in [-0.15, -0.1) is 0 Å². The molecule has 0 aliphatic carbocycles. The van der Waals surface area contributed by atoms with E-state index >= 15 is 0 Å². The number of carbonyl (C=O) groups excluding carboxylic acids is 2. The van der Waals surface area contributed by atoms with Crippen molar-refractivity contribution in [3.8, 4) is 0 Å². The van der Waals surface area contributed by atoms with Gasteiger partial charge in [-0.2, -0.15) is 5.10 Å². The Kier molecular flexibility index (Phi) is 6.53. The van der Waals surface area contributed by atoms with Crippen LogP contribution in [-0.2, 0) is 6.42 Å². The molecule has 0 saturated carbocycles. The SMILES string of the molecule is CC(C)n1cnc([C@@H]2CN(C(=O)c3ccccn3)c3ccc(C(=O)NCCc4cccnc4)cc32)n1. The lowest BCUT2D eigenvalue weighted by Gasteiger charge is -2.17. The molecule has 4 heterocycles. The number of rotatable bonds is 7. The maximum absolute atomic E-state index is 13.3. The molecule has 0 radical (unpaired) electrons. The zero-order chi connectivity index (χ0) is 25.1. The minimum atomic E-state index is -0.254. The fraction of sp³-hybridized carbons (Fsp3) is 0.259. The second-order valence-electron chi connectivity index (χ2n) is 9.00. The number of hydrogen-bond acceptors (Lipinski definition) is 6. The van der Waals surface area contributed by atoms with Crippen LogP contribution in [0.5, 0.6) is 0 Å². The van der Waals surface area contributed by atoms with E-state index in [1.54, 1.807) is 58.8 Å². The van der Waals surface area contributed by atoms with Crippen LogP contribution in [0.4, 0.5) is 5.69 Å². The van der Waals surface area contributed by atoms with Crippen LogP contribution in [0.3, 0.4) is 0 Å². The lowest BCUT2D eigenvalue weighted by atomic mass is 9.98. The predicted molar refractivity (Wildman–Crippen MR) is 135 cm³/mol. The highest BCUT2D eigenvalue weighted by molar-refractivity contribution is 6.07. The van der Waals surface area contributed by atoms with Crippen molar-refractivity contribution < 1.29 is 9.59 Å². The monoisotopic (exact) mass is 481 g/mol. The van der Waals surface area contributed by atoms with Crippen molar-refractivity contribution in [1.82, 2.24) is 30.0 Å².